The third kappa shape index (κ3) is 6.14. The summed E-state index contributed by atoms with van der Waals surface area (Å²) < 4.78 is 0. The number of benzene rings is 3. The van der Waals surface area contributed by atoms with E-state index < -0.39 is 0 Å². The van der Waals surface area contributed by atoms with E-state index in [1.54, 1.807) is 42.5 Å². The molecule has 3 rings (SSSR count). The molecule has 0 aliphatic rings. The molecule has 0 spiro atoms. The van der Waals surface area contributed by atoms with Crippen LogP contribution in [0, 0.1) is 0 Å². The van der Waals surface area contributed by atoms with Crippen molar-refractivity contribution in [3.63, 3.8) is 0 Å². The molecule has 2 amide bonds. The van der Waals surface area contributed by atoms with Crippen LogP contribution in [-0.4, -0.2) is 16.9 Å². The SMILES string of the molecule is O=C(CCc1ccccc1Cl)NC(=S)Nc1ccccc1C(=O)Nc1ccccc1. The topological polar surface area (TPSA) is 70.2 Å². The lowest BCUT2D eigenvalue weighted by Gasteiger charge is -2.14. The summed E-state index contributed by atoms with van der Waals surface area (Å²) in [6, 6.07) is 23.5. The number of hydrogen-bond donors (Lipinski definition) is 3. The number of carbonyl (C=O) groups excluding carboxylic acids is 2. The van der Waals surface area contributed by atoms with Crippen LogP contribution in [0.1, 0.15) is 22.3 Å². The summed E-state index contributed by atoms with van der Waals surface area (Å²) in [5.41, 5.74) is 2.50. The Labute approximate surface area is 185 Å². The van der Waals surface area contributed by atoms with Gasteiger partial charge in [0.15, 0.2) is 5.11 Å². The zero-order chi connectivity index (χ0) is 21.3. The Bertz CT molecular complexity index is 1060. The van der Waals surface area contributed by atoms with E-state index in [9.17, 15) is 9.59 Å². The van der Waals surface area contributed by atoms with E-state index in [1.165, 1.54) is 0 Å². The Balaban J connectivity index is 1.58. The molecular weight excluding hydrogens is 418 g/mol. The molecular formula is C23H20ClN3O2S. The van der Waals surface area contributed by atoms with Crippen molar-refractivity contribution in [2.75, 3.05) is 10.6 Å². The fourth-order valence-electron chi connectivity index (χ4n) is 2.80. The van der Waals surface area contributed by atoms with Crippen LogP contribution in [-0.2, 0) is 11.2 Å². The Morgan fingerprint density at radius 2 is 1.50 bits per heavy atom. The molecule has 3 aromatic carbocycles. The van der Waals surface area contributed by atoms with Crippen molar-refractivity contribution in [1.29, 1.82) is 0 Å². The Morgan fingerprint density at radius 3 is 2.27 bits per heavy atom. The third-order valence-electron chi connectivity index (χ3n) is 4.28. The molecule has 0 aliphatic carbocycles. The van der Waals surface area contributed by atoms with Crippen molar-refractivity contribution in [2.24, 2.45) is 0 Å². The van der Waals surface area contributed by atoms with E-state index in [1.807, 2.05) is 36.4 Å². The predicted molar refractivity (Wildman–Crippen MR) is 125 cm³/mol. The number of anilines is 2. The highest BCUT2D eigenvalue weighted by atomic mass is 35.5. The van der Waals surface area contributed by atoms with Crippen molar-refractivity contribution in [3.05, 3.63) is 95.0 Å². The minimum Gasteiger partial charge on any atom is -0.332 e. The first kappa shape index (κ1) is 21.5. The molecule has 7 heteroatoms. The highest BCUT2D eigenvalue weighted by molar-refractivity contribution is 7.80. The maximum atomic E-state index is 12.6. The van der Waals surface area contributed by atoms with Gasteiger partial charge in [-0.3, -0.25) is 9.59 Å². The number of amides is 2. The first-order valence-corrected chi connectivity index (χ1v) is 10.1. The van der Waals surface area contributed by atoms with Crippen LogP contribution < -0.4 is 16.0 Å². The van der Waals surface area contributed by atoms with Crippen LogP contribution >= 0.6 is 23.8 Å². The molecule has 0 unspecified atom stereocenters. The van der Waals surface area contributed by atoms with Gasteiger partial charge in [-0.2, -0.15) is 0 Å². The number of hydrogen-bond acceptors (Lipinski definition) is 3. The molecule has 0 aliphatic heterocycles. The van der Waals surface area contributed by atoms with Gasteiger partial charge in [-0.05, 0) is 54.5 Å². The van der Waals surface area contributed by atoms with Gasteiger partial charge in [0, 0.05) is 17.1 Å². The summed E-state index contributed by atoms with van der Waals surface area (Å²) in [4.78, 5) is 24.9. The van der Waals surface area contributed by atoms with E-state index in [0.717, 1.165) is 5.56 Å². The van der Waals surface area contributed by atoms with Crippen molar-refractivity contribution in [2.45, 2.75) is 12.8 Å². The van der Waals surface area contributed by atoms with Crippen LogP contribution in [0.5, 0.6) is 0 Å². The van der Waals surface area contributed by atoms with E-state index >= 15 is 0 Å². The molecule has 152 valence electrons. The number of nitrogens with one attached hydrogen (secondary N) is 3. The number of halogens is 1. The summed E-state index contributed by atoms with van der Waals surface area (Å²) in [6.45, 7) is 0. The molecule has 0 saturated heterocycles. The number of thiocarbonyl (C=S) groups is 1. The monoisotopic (exact) mass is 437 g/mol. The molecule has 0 aromatic heterocycles. The maximum Gasteiger partial charge on any atom is 0.257 e. The first-order valence-electron chi connectivity index (χ1n) is 9.32. The predicted octanol–water partition coefficient (Wildman–Crippen LogP) is 5.04. The lowest BCUT2D eigenvalue weighted by atomic mass is 10.1. The molecule has 0 bridgehead atoms. The zero-order valence-electron chi connectivity index (χ0n) is 16.0. The number of aryl methyl sites for hydroxylation is 1. The van der Waals surface area contributed by atoms with Gasteiger partial charge in [0.1, 0.15) is 0 Å². The summed E-state index contributed by atoms with van der Waals surface area (Å²) in [5.74, 6) is -0.518. The van der Waals surface area contributed by atoms with Crippen molar-refractivity contribution in [3.8, 4) is 0 Å². The van der Waals surface area contributed by atoms with Crippen LogP contribution in [0.4, 0.5) is 11.4 Å². The molecule has 5 nitrogen and oxygen atoms in total. The van der Waals surface area contributed by atoms with Crippen LogP contribution in [0.2, 0.25) is 5.02 Å². The molecule has 3 aromatic rings. The molecule has 0 heterocycles. The number of para-hydroxylation sites is 2. The van der Waals surface area contributed by atoms with Crippen molar-refractivity contribution in [1.82, 2.24) is 5.32 Å². The number of rotatable bonds is 6. The Hall–Kier alpha value is -3.22. The van der Waals surface area contributed by atoms with Gasteiger partial charge in [-0.1, -0.05) is 60.1 Å². The zero-order valence-corrected chi connectivity index (χ0v) is 17.6. The van der Waals surface area contributed by atoms with Gasteiger partial charge in [-0.25, -0.2) is 0 Å². The van der Waals surface area contributed by atoms with Crippen LogP contribution in [0.15, 0.2) is 78.9 Å². The summed E-state index contributed by atoms with van der Waals surface area (Å²) in [6.07, 6.45) is 0.742. The summed E-state index contributed by atoms with van der Waals surface area (Å²) >= 11 is 11.4. The van der Waals surface area contributed by atoms with Gasteiger partial charge in [0.25, 0.3) is 5.91 Å². The second-order valence-electron chi connectivity index (χ2n) is 6.46. The summed E-state index contributed by atoms with van der Waals surface area (Å²) in [7, 11) is 0. The molecule has 3 N–H and O–H groups in total. The van der Waals surface area contributed by atoms with E-state index in [-0.39, 0.29) is 23.3 Å². The molecule has 0 saturated carbocycles. The summed E-state index contributed by atoms with van der Waals surface area (Å²) in [5, 5.41) is 9.16. The van der Waals surface area contributed by atoms with Gasteiger partial charge in [0.05, 0.1) is 11.3 Å². The second kappa shape index (κ2) is 10.5. The molecule has 0 radical (unpaired) electrons. The smallest absolute Gasteiger partial charge is 0.257 e. The highest BCUT2D eigenvalue weighted by Crippen LogP contribution is 2.18. The highest BCUT2D eigenvalue weighted by Gasteiger charge is 2.13. The average molecular weight is 438 g/mol. The van der Waals surface area contributed by atoms with E-state index in [2.05, 4.69) is 16.0 Å². The first-order chi connectivity index (χ1) is 14.5. The average Bonchev–Trinajstić information content (AvgIpc) is 2.74. The standard InChI is InChI=1S/C23H20ClN3O2S/c24-19-12-6-4-8-16(19)14-15-21(28)27-23(30)26-20-13-7-5-11-18(20)22(29)25-17-9-2-1-3-10-17/h1-13H,14-15H2,(H,25,29)(H2,26,27,28,30). The lowest BCUT2D eigenvalue weighted by Crippen LogP contribution is -2.34. The van der Waals surface area contributed by atoms with Gasteiger partial charge in [-0.15, -0.1) is 0 Å². The molecule has 0 fully saturated rings. The van der Waals surface area contributed by atoms with Gasteiger partial charge >= 0.3 is 0 Å². The quantitative estimate of drug-likeness (QED) is 0.472. The third-order valence-corrected chi connectivity index (χ3v) is 4.86. The maximum absolute atomic E-state index is 12.6. The fourth-order valence-corrected chi connectivity index (χ4v) is 3.26. The molecule has 30 heavy (non-hydrogen) atoms. The fraction of sp³-hybridized carbons (Fsp3) is 0.0870. The Morgan fingerprint density at radius 1 is 0.833 bits per heavy atom. The second-order valence-corrected chi connectivity index (χ2v) is 7.27. The minimum absolute atomic E-state index is 0.124. The van der Waals surface area contributed by atoms with Crippen LogP contribution in [0.3, 0.4) is 0 Å². The largest absolute Gasteiger partial charge is 0.332 e. The van der Waals surface area contributed by atoms with Gasteiger partial charge < -0.3 is 16.0 Å². The van der Waals surface area contributed by atoms with Crippen molar-refractivity contribution >= 4 is 52.1 Å². The van der Waals surface area contributed by atoms with Crippen LogP contribution in [0.25, 0.3) is 0 Å². The Kier molecular flexibility index (Phi) is 7.54. The van der Waals surface area contributed by atoms with Crippen molar-refractivity contribution < 1.29 is 9.59 Å². The number of carbonyl (C=O) groups is 2. The van der Waals surface area contributed by atoms with Gasteiger partial charge in [0.2, 0.25) is 5.91 Å². The lowest BCUT2D eigenvalue weighted by molar-refractivity contribution is -0.119. The molecule has 0 atom stereocenters. The van der Waals surface area contributed by atoms with E-state index in [4.69, 9.17) is 23.8 Å². The minimum atomic E-state index is -0.280. The normalized spacial score (nSPS) is 10.2. The van der Waals surface area contributed by atoms with E-state index in [0.29, 0.717) is 28.4 Å².